The number of nitrogens with zero attached hydrogens (tertiary/aromatic N) is 2. The number of ether oxygens (including phenoxy) is 1. The Bertz CT molecular complexity index is 850. The third-order valence-electron chi connectivity index (χ3n) is 5.87. The third kappa shape index (κ3) is 6.25. The van der Waals surface area contributed by atoms with Crippen molar-refractivity contribution in [2.45, 2.75) is 33.0 Å². The van der Waals surface area contributed by atoms with Gasteiger partial charge < -0.3 is 9.64 Å². The molecule has 1 saturated heterocycles. The monoisotopic (exact) mass is 450 g/mol. The van der Waals surface area contributed by atoms with Gasteiger partial charge in [0.05, 0.1) is 12.7 Å². The fraction of sp³-hybridized carbons (Fsp3) is 0.458. The van der Waals surface area contributed by atoms with Crippen molar-refractivity contribution >= 4 is 17.5 Å². The van der Waals surface area contributed by atoms with Crippen molar-refractivity contribution in [1.29, 1.82) is 0 Å². The molecule has 0 unspecified atom stereocenters. The number of carbonyl (C=O) groups excluding carboxylic acids is 1. The zero-order chi connectivity index (χ0) is 22.4. The number of benzene rings is 2. The predicted octanol–water partition coefficient (Wildman–Crippen LogP) is 5.07. The summed E-state index contributed by atoms with van der Waals surface area (Å²) in [6.07, 6.45) is 0.450. The number of rotatable bonds is 8. The van der Waals surface area contributed by atoms with Gasteiger partial charge in [-0.1, -0.05) is 43.6 Å². The van der Waals surface area contributed by atoms with Gasteiger partial charge in [-0.15, -0.1) is 0 Å². The first kappa shape index (κ1) is 23.6. The molecule has 0 N–H and O–H groups in total. The SMILES string of the molecule is CC[C@@H](C)C(=O)N1CCN(C[C@H](OCc2c(F)cccc2F)c2ccc(Cl)cc2)CC1. The molecule has 2 aromatic rings. The summed E-state index contributed by atoms with van der Waals surface area (Å²) in [7, 11) is 0. The fourth-order valence-electron chi connectivity index (χ4n) is 3.66. The van der Waals surface area contributed by atoms with E-state index < -0.39 is 11.6 Å². The molecule has 3 rings (SSSR count). The molecule has 0 radical (unpaired) electrons. The van der Waals surface area contributed by atoms with Crippen molar-refractivity contribution < 1.29 is 18.3 Å². The van der Waals surface area contributed by atoms with Crippen LogP contribution in [0, 0.1) is 17.6 Å². The predicted molar refractivity (Wildman–Crippen MR) is 118 cm³/mol. The van der Waals surface area contributed by atoms with Crippen LogP contribution in [0.2, 0.25) is 5.02 Å². The van der Waals surface area contributed by atoms with Crippen LogP contribution in [0.5, 0.6) is 0 Å². The molecular formula is C24H29ClF2N2O2. The summed E-state index contributed by atoms with van der Waals surface area (Å²) in [5, 5.41) is 0.611. The van der Waals surface area contributed by atoms with Gasteiger partial charge in [-0.3, -0.25) is 9.69 Å². The van der Waals surface area contributed by atoms with Crippen molar-refractivity contribution in [2.75, 3.05) is 32.7 Å². The fourth-order valence-corrected chi connectivity index (χ4v) is 3.78. The highest BCUT2D eigenvalue weighted by Crippen LogP contribution is 2.25. The largest absolute Gasteiger partial charge is 0.367 e. The quantitative estimate of drug-likeness (QED) is 0.563. The van der Waals surface area contributed by atoms with Gasteiger partial charge in [0, 0.05) is 49.2 Å². The van der Waals surface area contributed by atoms with Gasteiger partial charge in [-0.25, -0.2) is 8.78 Å². The van der Waals surface area contributed by atoms with Crippen LogP contribution in [0.4, 0.5) is 8.78 Å². The molecule has 1 heterocycles. The van der Waals surface area contributed by atoms with Crippen LogP contribution in [0.25, 0.3) is 0 Å². The topological polar surface area (TPSA) is 32.8 Å². The van der Waals surface area contributed by atoms with Crippen molar-refractivity contribution in [3.8, 4) is 0 Å². The van der Waals surface area contributed by atoms with E-state index in [1.165, 1.54) is 18.2 Å². The van der Waals surface area contributed by atoms with Gasteiger partial charge in [0.25, 0.3) is 0 Å². The number of carbonyl (C=O) groups is 1. The maximum Gasteiger partial charge on any atom is 0.225 e. The molecule has 168 valence electrons. The molecule has 1 amide bonds. The van der Waals surface area contributed by atoms with Crippen LogP contribution in [-0.4, -0.2) is 48.4 Å². The molecule has 0 saturated carbocycles. The minimum absolute atomic E-state index is 0.0346. The minimum atomic E-state index is -0.618. The van der Waals surface area contributed by atoms with E-state index in [9.17, 15) is 13.6 Å². The molecule has 2 aromatic carbocycles. The zero-order valence-electron chi connectivity index (χ0n) is 18.0. The van der Waals surface area contributed by atoms with Gasteiger partial charge in [-0.2, -0.15) is 0 Å². The normalized spacial score (nSPS) is 16.9. The highest BCUT2D eigenvalue weighted by atomic mass is 35.5. The Labute approximate surface area is 187 Å². The Hall–Kier alpha value is -2.02. The minimum Gasteiger partial charge on any atom is -0.367 e. The third-order valence-corrected chi connectivity index (χ3v) is 6.13. The Balaban J connectivity index is 1.66. The summed E-state index contributed by atoms with van der Waals surface area (Å²) < 4.78 is 34.1. The van der Waals surface area contributed by atoms with Crippen LogP contribution in [0.15, 0.2) is 42.5 Å². The molecule has 1 aliphatic rings. The first-order valence-corrected chi connectivity index (χ1v) is 11.1. The molecule has 0 bridgehead atoms. The molecule has 1 fully saturated rings. The van der Waals surface area contributed by atoms with Crippen LogP contribution in [-0.2, 0) is 16.1 Å². The molecule has 31 heavy (non-hydrogen) atoms. The maximum absolute atomic E-state index is 14.0. The summed E-state index contributed by atoms with van der Waals surface area (Å²) in [5.41, 5.74) is 0.810. The van der Waals surface area contributed by atoms with Crippen LogP contribution in [0.1, 0.15) is 37.5 Å². The second-order valence-electron chi connectivity index (χ2n) is 7.99. The van der Waals surface area contributed by atoms with Crippen LogP contribution < -0.4 is 0 Å². The van der Waals surface area contributed by atoms with E-state index in [1.807, 2.05) is 30.9 Å². The molecule has 0 spiro atoms. The van der Waals surface area contributed by atoms with Gasteiger partial charge in [0.2, 0.25) is 5.91 Å². The molecule has 0 aliphatic carbocycles. The van der Waals surface area contributed by atoms with Crippen molar-refractivity contribution in [3.63, 3.8) is 0 Å². The number of halogens is 3. The van der Waals surface area contributed by atoms with E-state index in [4.69, 9.17) is 16.3 Å². The number of amides is 1. The average molecular weight is 451 g/mol. The lowest BCUT2D eigenvalue weighted by Crippen LogP contribution is -2.50. The Kier molecular flexibility index (Phi) is 8.41. The van der Waals surface area contributed by atoms with Crippen LogP contribution >= 0.6 is 11.6 Å². The van der Waals surface area contributed by atoms with E-state index in [2.05, 4.69) is 4.90 Å². The first-order valence-electron chi connectivity index (χ1n) is 10.7. The standard InChI is InChI=1S/C24H29ClF2N2O2/c1-3-17(2)24(30)29-13-11-28(12-14-29)15-23(18-7-9-19(25)10-8-18)31-16-20-21(26)5-4-6-22(20)27/h4-10,17,23H,3,11-16H2,1-2H3/t17-,23+/m1/s1. The molecule has 7 heteroatoms. The van der Waals surface area contributed by atoms with Crippen LogP contribution in [0.3, 0.4) is 0 Å². The summed E-state index contributed by atoms with van der Waals surface area (Å²) in [4.78, 5) is 16.6. The Morgan fingerprint density at radius 2 is 1.68 bits per heavy atom. The Morgan fingerprint density at radius 1 is 1.06 bits per heavy atom. The Morgan fingerprint density at radius 3 is 2.26 bits per heavy atom. The summed E-state index contributed by atoms with van der Waals surface area (Å²) >= 11 is 6.02. The highest BCUT2D eigenvalue weighted by molar-refractivity contribution is 6.30. The lowest BCUT2D eigenvalue weighted by atomic mass is 10.1. The van der Waals surface area contributed by atoms with Crippen molar-refractivity contribution in [2.24, 2.45) is 5.92 Å². The highest BCUT2D eigenvalue weighted by Gasteiger charge is 2.26. The number of hydrogen-bond acceptors (Lipinski definition) is 3. The molecular weight excluding hydrogens is 422 g/mol. The first-order chi connectivity index (χ1) is 14.9. The van der Waals surface area contributed by atoms with E-state index in [0.29, 0.717) is 24.7 Å². The van der Waals surface area contributed by atoms with Crippen molar-refractivity contribution in [1.82, 2.24) is 9.80 Å². The summed E-state index contributed by atoms with van der Waals surface area (Å²) in [5.74, 6) is -1.01. The van der Waals surface area contributed by atoms with E-state index >= 15 is 0 Å². The number of piperazine rings is 1. The van der Waals surface area contributed by atoms with E-state index in [0.717, 1.165) is 25.1 Å². The molecule has 1 aliphatic heterocycles. The van der Waals surface area contributed by atoms with Gasteiger partial charge in [0.1, 0.15) is 11.6 Å². The van der Waals surface area contributed by atoms with E-state index in [1.54, 1.807) is 12.1 Å². The molecule has 2 atom stereocenters. The van der Waals surface area contributed by atoms with Crippen molar-refractivity contribution in [3.05, 3.63) is 70.2 Å². The second-order valence-corrected chi connectivity index (χ2v) is 8.42. The van der Waals surface area contributed by atoms with Gasteiger partial charge in [-0.05, 0) is 36.2 Å². The van der Waals surface area contributed by atoms with Gasteiger partial charge >= 0.3 is 0 Å². The molecule has 0 aromatic heterocycles. The molecule has 4 nitrogen and oxygen atoms in total. The maximum atomic E-state index is 14.0. The summed E-state index contributed by atoms with van der Waals surface area (Å²) in [6.45, 7) is 7.15. The lowest BCUT2D eigenvalue weighted by molar-refractivity contribution is -0.137. The summed E-state index contributed by atoms with van der Waals surface area (Å²) in [6, 6.07) is 11.1. The average Bonchev–Trinajstić information content (AvgIpc) is 2.78. The smallest absolute Gasteiger partial charge is 0.225 e. The van der Waals surface area contributed by atoms with Gasteiger partial charge in [0.15, 0.2) is 0 Å². The zero-order valence-corrected chi connectivity index (χ0v) is 18.7. The second kappa shape index (κ2) is 11.0. The lowest BCUT2D eigenvalue weighted by Gasteiger charge is -2.37. The number of hydrogen-bond donors (Lipinski definition) is 0. The van der Waals surface area contributed by atoms with E-state index in [-0.39, 0.29) is 30.1 Å².